The monoisotopic (exact) mass is 444 g/mol. The van der Waals surface area contributed by atoms with E-state index in [1.54, 1.807) is 60.7 Å². The molecule has 0 radical (unpaired) electrons. The van der Waals surface area contributed by atoms with E-state index in [1.165, 1.54) is 18.1 Å². The smallest absolute Gasteiger partial charge is 0.300 e. The Hall–Kier alpha value is -4.08. The van der Waals surface area contributed by atoms with Gasteiger partial charge in [-0.3, -0.25) is 14.5 Å². The van der Waals surface area contributed by atoms with Crippen LogP contribution >= 0.6 is 11.6 Å². The summed E-state index contributed by atoms with van der Waals surface area (Å²) in [6.45, 7) is 0. The first-order valence-corrected chi connectivity index (χ1v) is 10.0. The van der Waals surface area contributed by atoms with E-state index in [-0.39, 0.29) is 21.9 Å². The van der Waals surface area contributed by atoms with E-state index in [4.69, 9.17) is 21.6 Å². The zero-order valence-corrected chi connectivity index (χ0v) is 17.7. The largest absolute Gasteiger partial charge is 0.507 e. The molecule has 1 aliphatic heterocycles. The molecule has 0 saturated carbocycles. The van der Waals surface area contributed by atoms with E-state index in [1.807, 2.05) is 12.1 Å². The minimum atomic E-state index is -0.856. The number of carbonyl (C=O) groups excluding carboxylic acids is 2. The summed E-state index contributed by atoms with van der Waals surface area (Å²) in [5.41, 5.74) is 1.75. The zero-order chi connectivity index (χ0) is 22.8. The number of hydrogen-bond donors (Lipinski definition) is 1. The average Bonchev–Trinajstić information content (AvgIpc) is 3.09. The second-order valence-corrected chi connectivity index (χ2v) is 7.49. The molecule has 1 unspecified atom stereocenters. The van der Waals surface area contributed by atoms with Gasteiger partial charge >= 0.3 is 0 Å². The van der Waals surface area contributed by atoms with Crippen LogP contribution in [0.5, 0.6) is 5.75 Å². The van der Waals surface area contributed by atoms with E-state index in [9.17, 15) is 14.7 Å². The van der Waals surface area contributed by atoms with Crippen molar-refractivity contribution in [3.8, 4) is 11.8 Å². The highest BCUT2D eigenvalue weighted by Gasteiger charge is 2.46. The number of ketones is 1. The molecular weight excluding hydrogens is 428 g/mol. The molecular formula is C25H17ClN2O4. The summed E-state index contributed by atoms with van der Waals surface area (Å²) in [7, 11) is 1.47. The van der Waals surface area contributed by atoms with E-state index < -0.39 is 17.7 Å². The van der Waals surface area contributed by atoms with Gasteiger partial charge in [-0.25, -0.2) is 0 Å². The Morgan fingerprint density at radius 3 is 2.34 bits per heavy atom. The molecule has 0 spiro atoms. The van der Waals surface area contributed by atoms with Gasteiger partial charge in [0.2, 0.25) is 0 Å². The zero-order valence-electron chi connectivity index (χ0n) is 16.9. The Labute approximate surface area is 189 Å². The molecule has 1 heterocycles. The van der Waals surface area contributed by atoms with Gasteiger partial charge in [0.25, 0.3) is 11.7 Å². The van der Waals surface area contributed by atoms with Crippen LogP contribution in [-0.2, 0) is 9.59 Å². The van der Waals surface area contributed by atoms with Gasteiger partial charge in [0, 0.05) is 11.3 Å². The van der Waals surface area contributed by atoms with Gasteiger partial charge in [0.1, 0.15) is 11.5 Å². The van der Waals surface area contributed by atoms with Crippen molar-refractivity contribution in [2.45, 2.75) is 6.04 Å². The Kier molecular flexibility index (Phi) is 5.67. The highest BCUT2D eigenvalue weighted by molar-refractivity contribution is 6.51. The van der Waals surface area contributed by atoms with Gasteiger partial charge in [0.15, 0.2) is 0 Å². The third-order valence-electron chi connectivity index (χ3n) is 5.26. The average molecular weight is 445 g/mol. The number of aliphatic hydroxyl groups is 1. The lowest BCUT2D eigenvalue weighted by Crippen LogP contribution is -2.29. The number of benzene rings is 3. The Balaban J connectivity index is 1.91. The van der Waals surface area contributed by atoms with Crippen molar-refractivity contribution in [3.63, 3.8) is 0 Å². The lowest BCUT2D eigenvalue weighted by atomic mass is 9.95. The Morgan fingerprint density at radius 1 is 1.06 bits per heavy atom. The number of amides is 1. The molecule has 7 heteroatoms. The van der Waals surface area contributed by atoms with Crippen molar-refractivity contribution >= 4 is 34.7 Å². The van der Waals surface area contributed by atoms with Gasteiger partial charge in [-0.05, 0) is 48.0 Å². The highest BCUT2D eigenvalue weighted by Crippen LogP contribution is 2.42. The van der Waals surface area contributed by atoms with E-state index >= 15 is 0 Å². The fourth-order valence-electron chi connectivity index (χ4n) is 3.72. The van der Waals surface area contributed by atoms with Crippen LogP contribution in [0.15, 0.2) is 78.4 Å². The molecule has 4 rings (SSSR count). The van der Waals surface area contributed by atoms with Crippen molar-refractivity contribution in [1.82, 2.24) is 0 Å². The minimum absolute atomic E-state index is 0.0493. The topological polar surface area (TPSA) is 90.6 Å². The summed E-state index contributed by atoms with van der Waals surface area (Å²) in [6.07, 6.45) is 0. The number of methoxy groups -OCH3 is 1. The van der Waals surface area contributed by atoms with Crippen LogP contribution in [0.25, 0.3) is 5.76 Å². The maximum absolute atomic E-state index is 13.1. The Bertz CT molecular complexity index is 1280. The first-order chi connectivity index (χ1) is 15.5. The molecule has 158 valence electrons. The normalized spacial score (nSPS) is 17.3. The van der Waals surface area contributed by atoms with Gasteiger partial charge in [-0.15, -0.1) is 0 Å². The predicted octanol–water partition coefficient (Wildman–Crippen LogP) is 4.85. The first kappa shape index (κ1) is 21.2. The van der Waals surface area contributed by atoms with Crippen LogP contribution < -0.4 is 9.64 Å². The first-order valence-electron chi connectivity index (χ1n) is 9.66. The standard InChI is InChI=1S/C25H17ClN2O4/c1-32-20-12-9-17(13-19(20)26)23(29)21-22(16-5-3-2-4-6-16)28(25(31)24(21)30)18-10-7-15(14-27)8-11-18/h2-13,22,29H,1H3/b23-21-. The van der Waals surface area contributed by atoms with Gasteiger partial charge < -0.3 is 9.84 Å². The number of nitriles is 1. The number of ether oxygens (including phenoxy) is 1. The maximum atomic E-state index is 13.1. The fourth-order valence-corrected chi connectivity index (χ4v) is 3.97. The number of Topliss-reactive ketones (excluding diaryl/α,β-unsaturated/α-hetero) is 1. The molecule has 6 nitrogen and oxygen atoms in total. The van der Waals surface area contributed by atoms with E-state index in [2.05, 4.69) is 0 Å². The SMILES string of the molecule is COc1ccc(/C(O)=C2/C(=O)C(=O)N(c3ccc(C#N)cc3)C2c2ccccc2)cc1Cl. The van der Waals surface area contributed by atoms with Crippen molar-refractivity contribution in [1.29, 1.82) is 5.26 Å². The molecule has 3 aromatic rings. The molecule has 3 aromatic carbocycles. The third-order valence-corrected chi connectivity index (χ3v) is 5.55. The second kappa shape index (κ2) is 8.58. The molecule has 1 atom stereocenters. The minimum Gasteiger partial charge on any atom is -0.507 e. The number of aliphatic hydroxyl groups excluding tert-OH is 1. The Morgan fingerprint density at radius 2 is 1.75 bits per heavy atom. The van der Waals surface area contributed by atoms with Gasteiger partial charge in [-0.2, -0.15) is 5.26 Å². The number of halogens is 1. The van der Waals surface area contributed by atoms with E-state index in [0.717, 1.165) is 0 Å². The van der Waals surface area contributed by atoms with Gasteiger partial charge in [0.05, 0.1) is 35.4 Å². The molecule has 1 amide bonds. The summed E-state index contributed by atoms with van der Waals surface area (Å²) in [5.74, 6) is -1.50. The molecule has 0 aliphatic carbocycles. The predicted molar refractivity (Wildman–Crippen MR) is 120 cm³/mol. The maximum Gasteiger partial charge on any atom is 0.300 e. The van der Waals surface area contributed by atoms with Gasteiger partial charge in [-0.1, -0.05) is 41.9 Å². The quantitative estimate of drug-likeness (QED) is 0.353. The van der Waals surface area contributed by atoms with Crippen LogP contribution in [-0.4, -0.2) is 23.9 Å². The molecule has 1 saturated heterocycles. The van der Waals surface area contributed by atoms with Crippen LogP contribution in [0.3, 0.4) is 0 Å². The summed E-state index contributed by atoms with van der Waals surface area (Å²) in [4.78, 5) is 27.5. The molecule has 0 bridgehead atoms. The number of anilines is 1. The van der Waals surface area contributed by atoms with E-state index in [0.29, 0.717) is 22.6 Å². The molecule has 1 N–H and O–H groups in total. The molecule has 1 fully saturated rings. The van der Waals surface area contributed by atoms with Crippen molar-refractivity contribution in [3.05, 3.63) is 100 Å². The van der Waals surface area contributed by atoms with Crippen LogP contribution in [0, 0.1) is 11.3 Å². The number of nitrogens with zero attached hydrogens (tertiary/aromatic N) is 2. The van der Waals surface area contributed by atoms with Crippen molar-refractivity contribution < 1.29 is 19.4 Å². The molecule has 0 aromatic heterocycles. The van der Waals surface area contributed by atoms with Crippen molar-refractivity contribution in [2.75, 3.05) is 12.0 Å². The summed E-state index contributed by atoms with van der Waals surface area (Å²) < 4.78 is 5.15. The highest BCUT2D eigenvalue weighted by atomic mass is 35.5. The summed E-state index contributed by atoms with van der Waals surface area (Å²) in [6, 6.07) is 21.1. The van der Waals surface area contributed by atoms with Crippen molar-refractivity contribution in [2.24, 2.45) is 0 Å². The van der Waals surface area contributed by atoms with Crippen LogP contribution in [0.1, 0.15) is 22.7 Å². The fraction of sp³-hybridized carbons (Fsp3) is 0.0800. The molecule has 1 aliphatic rings. The van der Waals surface area contributed by atoms with Crippen LogP contribution in [0.4, 0.5) is 5.69 Å². The summed E-state index contributed by atoms with van der Waals surface area (Å²) >= 11 is 6.20. The number of hydrogen-bond acceptors (Lipinski definition) is 5. The third kappa shape index (κ3) is 3.59. The second-order valence-electron chi connectivity index (χ2n) is 7.09. The lowest BCUT2D eigenvalue weighted by Gasteiger charge is -2.25. The molecule has 32 heavy (non-hydrogen) atoms. The number of rotatable bonds is 4. The lowest BCUT2D eigenvalue weighted by molar-refractivity contribution is -0.132. The summed E-state index contributed by atoms with van der Waals surface area (Å²) in [5, 5.41) is 20.4. The van der Waals surface area contributed by atoms with Crippen LogP contribution in [0.2, 0.25) is 5.02 Å². The number of carbonyl (C=O) groups is 2.